The van der Waals surface area contributed by atoms with Crippen LogP contribution in [0.3, 0.4) is 0 Å². The molecule has 10 heteroatoms. The largest absolute Gasteiger partial charge is 0.490 e. The van der Waals surface area contributed by atoms with Gasteiger partial charge in [-0.15, -0.1) is 0 Å². The van der Waals surface area contributed by atoms with E-state index in [0.717, 1.165) is 74.5 Å². The summed E-state index contributed by atoms with van der Waals surface area (Å²) in [5.41, 5.74) is 3.73. The van der Waals surface area contributed by atoms with Gasteiger partial charge in [-0.05, 0) is 129 Å². The number of hydrogen-bond donors (Lipinski definition) is 2. The van der Waals surface area contributed by atoms with Crippen molar-refractivity contribution in [2.45, 2.75) is 82.0 Å². The van der Waals surface area contributed by atoms with Gasteiger partial charge in [0.05, 0.1) is 22.0 Å². The molecular formula is C37H50ClN3O5S. The van der Waals surface area contributed by atoms with E-state index in [4.69, 9.17) is 21.1 Å². The number of anilines is 1. The predicted molar refractivity (Wildman–Crippen MR) is 190 cm³/mol. The minimum absolute atomic E-state index is 0.0581. The molecule has 6 rings (SSSR count). The van der Waals surface area contributed by atoms with E-state index in [-0.39, 0.29) is 23.2 Å². The molecule has 2 aliphatic carbocycles. The van der Waals surface area contributed by atoms with Crippen molar-refractivity contribution >= 4 is 44.7 Å². The van der Waals surface area contributed by atoms with Crippen LogP contribution in [0.4, 0.5) is 5.69 Å². The summed E-state index contributed by atoms with van der Waals surface area (Å²) < 4.78 is 29.2. The van der Waals surface area contributed by atoms with Gasteiger partial charge in [0.2, 0.25) is 5.91 Å². The number of nitrogens with one attached hydrogen (secondary N) is 2. The maximum atomic E-state index is 14.0. The van der Waals surface area contributed by atoms with Gasteiger partial charge in [0.1, 0.15) is 11.9 Å². The first-order valence-corrected chi connectivity index (χ1v) is 19.3. The normalized spacial score (nSPS) is 33.3. The molecule has 2 heterocycles. The van der Waals surface area contributed by atoms with E-state index in [1.165, 1.54) is 11.1 Å². The fourth-order valence-corrected chi connectivity index (χ4v) is 10.3. The molecule has 256 valence electrons. The number of fused-ring (bicyclic) bond motifs is 4. The third-order valence-electron chi connectivity index (χ3n) is 11.8. The summed E-state index contributed by atoms with van der Waals surface area (Å²) in [6.07, 6.45) is 7.22. The Morgan fingerprint density at radius 2 is 1.94 bits per heavy atom. The van der Waals surface area contributed by atoms with Gasteiger partial charge < -0.3 is 19.7 Å². The number of carbonyl (C=O) groups is 2. The number of carbonyl (C=O) groups excluding carboxylic acids is 2. The highest BCUT2D eigenvalue weighted by atomic mass is 35.5. The van der Waals surface area contributed by atoms with Crippen LogP contribution in [0.5, 0.6) is 5.75 Å². The number of halogens is 1. The second-order valence-corrected chi connectivity index (χ2v) is 17.4. The van der Waals surface area contributed by atoms with E-state index in [1.54, 1.807) is 20.2 Å². The summed E-state index contributed by atoms with van der Waals surface area (Å²) >= 11 is 6.45. The summed E-state index contributed by atoms with van der Waals surface area (Å²) in [7, 11) is 0.199. The smallest absolute Gasteiger partial charge is 0.262 e. The van der Waals surface area contributed by atoms with Crippen LogP contribution < -0.4 is 19.7 Å². The van der Waals surface area contributed by atoms with E-state index in [9.17, 15) is 13.8 Å². The summed E-state index contributed by atoms with van der Waals surface area (Å²) in [6, 6.07) is 11.9. The zero-order chi connectivity index (χ0) is 33.5. The zero-order valence-electron chi connectivity index (χ0n) is 28.2. The number of aryl methyl sites for hydroxylation is 1. The van der Waals surface area contributed by atoms with Crippen LogP contribution in [-0.4, -0.2) is 67.1 Å². The van der Waals surface area contributed by atoms with Crippen LogP contribution in [0.1, 0.15) is 80.3 Å². The first-order chi connectivity index (χ1) is 22.4. The van der Waals surface area contributed by atoms with Crippen LogP contribution in [0.15, 0.2) is 36.4 Å². The number of benzene rings is 2. The Morgan fingerprint density at radius 1 is 1.17 bits per heavy atom. The molecule has 0 radical (unpaired) electrons. The van der Waals surface area contributed by atoms with Gasteiger partial charge in [-0.25, -0.2) is 4.21 Å². The molecule has 8 atom stereocenters. The SMILES string of the molecule is C=S1(=O)NC(=O)c2ccc3c(c2)N(C[C@@H]2CC[C@H]2CC[C@@H]([C@@H](OC)C(=O)NC)C[C@H](C)[C@H]1C)C[C@@]1(CCCc2cc(Cl)ccc21)CO3. The molecule has 0 saturated heterocycles. The van der Waals surface area contributed by atoms with Crippen molar-refractivity contribution in [3.8, 4) is 5.75 Å². The number of likely N-dealkylation sites (N-methyl/N-ethyl adjacent to an activating group) is 1. The lowest BCUT2D eigenvalue weighted by Gasteiger charge is -2.45. The quantitative estimate of drug-likeness (QED) is 0.398. The third kappa shape index (κ3) is 6.77. The van der Waals surface area contributed by atoms with Crippen molar-refractivity contribution in [1.82, 2.24) is 10.0 Å². The molecule has 1 unspecified atom stereocenters. The van der Waals surface area contributed by atoms with Crippen molar-refractivity contribution in [2.75, 3.05) is 38.8 Å². The topological polar surface area (TPSA) is 97.0 Å². The number of rotatable bonds is 3. The highest BCUT2D eigenvalue weighted by Gasteiger charge is 2.44. The van der Waals surface area contributed by atoms with Crippen LogP contribution in [0.2, 0.25) is 5.02 Å². The molecule has 4 aliphatic rings. The van der Waals surface area contributed by atoms with E-state index in [1.807, 2.05) is 32.0 Å². The molecule has 2 aliphatic heterocycles. The Bertz CT molecular complexity index is 1610. The summed E-state index contributed by atoms with van der Waals surface area (Å²) in [5.74, 6) is 5.11. The summed E-state index contributed by atoms with van der Waals surface area (Å²) in [4.78, 5) is 29.1. The Morgan fingerprint density at radius 3 is 2.66 bits per heavy atom. The average molecular weight is 684 g/mol. The maximum absolute atomic E-state index is 14.0. The number of nitrogens with zero attached hydrogens (tertiary/aromatic N) is 1. The van der Waals surface area contributed by atoms with E-state index in [0.29, 0.717) is 30.4 Å². The molecule has 0 aromatic heterocycles. The number of hydrogen-bond acceptors (Lipinski definition) is 6. The number of ether oxygens (including phenoxy) is 2. The Kier molecular flexibility index (Phi) is 9.90. The zero-order valence-corrected chi connectivity index (χ0v) is 29.8. The molecule has 2 bridgehead atoms. The standard InChI is InChI=1S/C37H50ClN3O5S/c1-23-17-27(34(45-4)36(43)39-3)10-8-25-9-11-29(25)20-41-21-37(16-6-7-26-18-30(38)13-14-31(26)37)22-46-33-15-12-28(19-32(33)41)35(42)40-47(5,44)24(23)2/h12-15,18-19,23-25,27,29,34H,5-11,16-17,20-22H2,1-4H3,(H,39,43)(H,40,42,44)/t23-,24+,25+,27+,29-,34+,37-,47?/m0/s1. The van der Waals surface area contributed by atoms with Crippen LogP contribution in [-0.2, 0) is 31.1 Å². The molecule has 1 spiro atoms. The van der Waals surface area contributed by atoms with E-state index >= 15 is 0 Å². The minimum atomic E-state index is -3.02. The summed E-state index contributed by atoms with van der Waals surface area (Å²) in [5, 5.41) is 3.11. The Hall–Kier alpha value is -2.75. The first kappa shape index (κ1) is 34.1. The molecule has 1 saturated carbocycles. The molecule has 2 aromatic rings. The summed E-state index contributed by atoms with van der Waals surface area (Å²) in [6.45, 7) is 6.09. The first-order valence-electron chi connectivity index (χ1n) is 17.2. The Balaban J connectivity index is 1.39. The van der Waals surface area contributed by atoms with Gasteiger partial charge >= 0.3 is 0 Å². The Labute approximate surface area is 285 Å². The van der Waals surface area contributed by atoms with Crippen molar-refractivity contribution in [3.05, 3.63) is 58.1 Å². The molecule has 2 aromatic carbocycles. The lowest BCUT2D eigenvalue weighted by Crippen LogP contribution is -2.48. The van der Waals surface area contributed by atoms with Gasteiger partial charge in [0.15, 0.2) is 0 Å². The molecule has 2 N–H and O–H groups in total. The van der Waals surface area contributed by atoms with Gasteiger partial charge in [-0.3, -0.25) is 14.3 Å². The molecule has 8 nitrogen and oxygen atoms in total. The van der Waals surface area contributed by atoms with Crippen molar-refractivity contribution < 1.29 is 23.3 Å². The van der Waals surface area contributed by atoms with Gasteiger partial charge in [0, 0.05) is 48.5 Å². The second kappa shape index (κ2) is 13.6. The van der Waals surface area contributed by atoms with Crippen LogP contribution >= 0.6 is 11.6 Å². The minimum Gasteiger partial charge on any atom is -0.490 e. The fourth-order valence-electron chi connectivity index (χ4n) is 8.63. The van der Waals surface area contributed by atoms with Crippen molar-refractivity contribution in [2.24, 2.45) is 23.7 Å². The predicted octanol–water partition coefficient (Wildman–Crippen LogP) is 5.79. The molecule has 2 amide bonds. The van der Waals surface area contributed by atoms with Crippen LogP contribution in [0.25, 0.3) is 0 Å². The fraction of sp³-hybridized carbons (Fsp3) is 0.595. The molecular weight excluding hydrogens is 634 g/mol. The van der Waals surface area contributed by atoms with Crippen molar-refractivity contribution in [3.63, 3.8) is 0 Å². The van der Waals surface area contributed by atoms with Crippen LogP contribution in [0, 0.1) is 23.7 Å². The van der Waals surface area contributed by atoms with Gasteiger partial charge in [-0.2, -0.15) is 0 Å². The van der Waals surface area contributed by atoms with Gasteiger partial charge in [0.25, 0.3) is 5.91 Å². The molecule has 1 fully saturated rings. The molecule has 47 heavy (non-hydrogen) atoms. The highest BCUT2D eigenvalue weighted by Crippen LogP contribution is 2.47. The average Bonchev–Trinajstić information content (AvgIpc) is 3.18. The lowest BCUT2D eigenvalue weighted by molar-refractivity contribution is -0.134. The van der Waals surface area contributed by atoms with Crippen molar-refractivity contribution in [1.29, 1.82) is 0 Å². The number of methoxy groups -OCH3 is 1. The lowest BCUT2D eigenvalue weighted by atomic mass is 9.68. The third-order valence-corrected chi connectivity index (χ3v) is 14.2. The van der Waals surface area contributed by atoms with E-state index in [2.05, 4.69) is 32.9 Å². The monoisotopic (exact) mass is 683 g/mol. The number of amides is 2. The highest BCUT2D eigenvalue weighted by molar-refractivity contribution is 7.99. The maximum Gasteiger partial charge on any atom is 0.262 e. The van der Waals surface area contributed by atoms with Gasteiger partial charge in [-0.1, -0.05) is 24.6 Å². The second-order valence-electron chi connectivity index (χ2n) is 14.6. The van der Waals surface area contributed by atoms with E-state index < -0.39 is 27.0 Å².